The number of nitrogens with one attached hydrogen (secondary N) is 2. The maximum Gasteiger partial charge on any atom is 0.304 e. The Kier molecular flexibility index (Phi) is 4.76. The van der Waals surface area contributed by atoms with Crippen molar-refractivity contribution in [1.29, 1.82) is 0 Å². The second-order valence-corrected chi connectivity index (χ2v) is 5.43. The van der Waals surface area contributed by atoms with Crippen LogP contribution in [-0.4, -0.2) is 11.1 Å². The molecule has 0 saturated carbocycles. The monoisotopic (exact) mass is 278 g/mol. The van der Waals surface area contributed by atoms with Gasteiger partial charge in [0.25, 0.3) is 0 Å². The van der Waals surface area contributed by atoms with Gasteiger partial charge in [0.05, 0.1) is 6.10 Å². The quantitative estimate of drug-likeness (QED) is 0.853. The van der Waals surface area contributed by atoms with E-state index < -0.39 is 0 Å². The van der Waals surface area contributed by atoms with E-state index in [1.807, 2.05) is 37.4 Å². The summed E-state index contributed by atoms with van der Waals surface area (Å²) in [5, 5.41) is 5.13. The molecule has 1 aromatic carbocycles. The van der Waals surface area contributed by atoms with E-state index in [-0.39, 0.29) is 11.0 Å². The minimum Gasteiger partial charge on any atom is -0.491 e. The highest BCUT2D eigenvalue weighted by Crippen LogP contribution is 2.14. The number of aromatic nitrogens is 1. The standard InChI is InChI=1S/C14H18N2O2S/c1-10(2)18-13-5-3-4-11(6-13)7-15-8-12-9-19-14(17)16-12/h3-6,9-10,15H,7-8H2,1-2H3,(H,16,17). The fraction of sp³-hybridized carbons (Fsp3) is 0.357. The molecular formula is C14H18N2O2S. The zero-order chi connectivity index (χ0) is 13.7. The minimum atomic E-state index is -0.0101. The Labute approximate surface area is 116 Å². The molecule has 2 aromatic rings. The molecule has 0 fully saturated rings. The lowest BCUT2D eigenvalue weighted by atomic mass is 10.2. The van der Waals surface area contributed by atoms with E-state index in [1.165, 1.54) is 11.3 Å². The predicted molar refractivity (Wildman–Crippen MR) is 77.7 cm³/mol. The number of H-pyrrole nitrogens is 1. The van der Waals surface area contributed by atoms with Crippen LogP contribution in [0.15, 0.2) is 34.4 Å². The molecule has 4 nitrogen and oxygen atoms in total. The van der Waals surface area contributed by atoms with Crippen molar-refractivity contribution in [3.05, 3.63) is 50.6 Å². The Morgan fingerprint density at radius 3 is 2.89 bits per heavy atom. The van der Waals surface area contributed by atoms with Gasteiger partial charge in [-0.25, -0.2) is 0 Å². The third kappa shape index (κ3) is 4.54. The third-order valence-electron chi connectivity index (χ3n) is 2.49. The normalized spacial score (nSPS) is 10.9. The van der Waals surface area contributed by atoms with Crippen LogP contribution in [-0.2, 0) is 13.1 Å². The SMILES string of the molecule is CC(C)Oc1cccc(CNCc2csc(=O)[nH]2)c1. The summed E-state index contributed by atoms with van der Waals surface area (Å²) in [7, 11) is 0. The Hall–Kier alpha value is -1.59. The predicted octanol–water partition coefficient (Wildman–Crippen LogP) is 2.51. The molecule has 19 heavy (non-hydrogen) atoms. The molecule has 5 heteroatoms. The lowest BCUT2D eigenvalue weighted by molar-refractivity contribution is 0.242. The first-order valence-electron chi connectivity index (χ1n) is 6.26. The summed E-state index contributed by atoms with van der Waals surface area (Å²) in [6.45, 7) is 5.43. The van der Waals surface area contributed by atoms with Gasteiger partial charge in [-0.2, -0.15) is 0 Å². The van der Waals surface area contributed by atoms with Gasteiger partial charge >= 0.3 is 4.87 Å². The zero-order valence-corrected chi connectivity index (χ0v) is 11.9. The molecule has 0 bridgehead atoms. The van der Waals surface area contributed by atoms with Gasteiger partial charge in [-0.1, -0.05) is 23.5 Å². The summed E-state index contributed by atoms with van der Waals surface area (Å²) in [4.78, 5) is 13.8. The summed E-state index contributed by atoms with van der Waals surface area (Å²) in [6.07, 6.45) is 0.180. The van der Waals surface area contributed by atoms with Gasteiger partial charge in [0.15, 0.2) is 0 Å². The van der Waals surface area contributed by atoms with Crippen LogP contribution < -0.4 is 14.9 Å². The molecule has 1 heterocycles. The third-order valence-corrected chi connectivity index (χ3v) is 3.20. The minimum absolute atomic E-state index is 0.0101. The largest absolute Gasteiger partial charge is 0.491 e. The number of thiazole rings is 1. The molecular weight excluding hydrogens is 260 g/mol. The Morgan fingerprint density at radius 1 is 1.37 bits per heavy atom. The maximum atomic E-state index is 11.0. The summed E-state index contributed by atoms with van der Waals surface area (Å²) in [6, 6.07) is 8.03. The van der Waals surface area contributed by atoms with Crippen LogP contribution in [0.4, 0.5) is 0 Å². The Morgan fingerprint density at radius 2 is 2.21 bits per heavy atom. The van der Waals surface area contributed by atoms with Crippen LogP contribution in [0.5, 0.6) is 5.75 Å². The second kappa shape index (κ2) is 6.54. The van der Waals surface area contributed by atoms with E-state index in [0.29, 0.717) is 6.54 Å². The fourth-order valence-electron chi connectivity index (χ4n) is 1.74. The van der Waals surface area contributed by atoms with Crippen LogP contribution in [0.2, 0.25) is 0 Å². The molecule has 0 amide bonds. The Bertz CT molecular complexity index is 575. The molecule has 0 radical (unpaired) electrons. The average molecular weight is 278 g/mol. The van der Waals surface area contributed by atoms with E-state index in [9.17, 15) is 4.79 Å². The molecule has 0 unspecified atom stereocenters. The summed E-state index contributed by atoms with van der Waals surface area (Å²) in [5.41, 5.74) is 2.08. The van der Waals surface area contributed by atoms with E-state index >= 15 is 0 Å². The van der Waals surface area contributed by atoms with Crippen LogP contribution in [0.25, 0.3) is 0 Å². The molecule has 0 aliphatic heterocycles. The first-order chi connectivity index (χ1) is 9.13. The van der Waals surface area contributed by atoms with Crippen molar-refractivity contribution in [1.82, 2.24) is 10.3 Å². The van der Waals surface area contributed by atoms with Gasteiger partial charge in [0.2, 0.25) is 0 Å². The lowest BCUT2D eigenvalue weighted by Gasteiger charge is -2.11. The molecule has 1 aromatic heterocycles. The Balaban J connectivity index is 1.87. The van der Waals surface area contributed by atoms with E-state index in [0.717, 1.165) is 23.6 Å². The topological polar surface area (TPSA) is 54.1 Å². The van der Waals surface area contributed by atoms with Crippen molar-refractivity contribution in [3.8, 4) is 5.75 Å². The highest BCUT2D eigenvalue weighted by Gasteiger charge is 2.00. The van der Waals surface area contributed by atoms with E-state index in [1.54, 1.807) is 0 Å². The number of rotatable bonds is 6. The number of ether oxygens (including phenoxy) is 1. The molecule has 0 atom stereocenters. The molecule has 0 aliphatic carbocycles. The van der Waals surface area contributed by atoms with Gasteiger partial charge in [-0.3, -0.25) is 4.79 Å². The van der Waals surface area contributed by atoms with Crippen molar-refractivity contribution >= 4 is 11.3 Å². The lowest BCUT2D eigenvalue weighted by Crippen LogP contribution is -2.14. The number of hydrogen-bond donors (Lipinski definition) is 2. The van der Waals surface area contributed by atoms with Gasteiger partial charge in [-0.15, -0.1) is 0 Å². The smallest absolute Gasteiger partial charge is 0.304 e. The zero-order valence-electron chi connectivity index (χ0n) is 11.1. The number of benzene rings is 1. The highest BCUT2D eigenvalue weighted by molar-refractivity contribution is 7.07. The van der Waals surface area contributed by atoms with Gasteiger partial charge in [-0.05, 0) is 31.5 Å². The van der Waals surface area contributed by atoms with Crippen LogP contribution in [0, 0.1) is 0 Å². The van der Waals surface area contributed by atoms with Gasteiger partial charge in [0, 0.05) is 24.2 Å². The average Bonchev–Trinajstić information content (AvgIpc) is 2.75. The molecule has 0 spiro atoms. The summed E-state index contributed by atoms with van der Waals surface area (Å²) in [5.74, 6) is 0.887. The van der Waals surface area contributed by atoms with Crippen molar-refractivity contribution < 1.29 is 4.74 Å². The first-order valence-corrected chi connectivity index (χ1v) is 7.14. The molecule has 0 saturated heterocycles. The molecule has 2 rings (SSSR count). The summed E-state index contributed by atoms with van der Waals surface area (Å²) < 4.78 is 5.65. The van der Waals surface area contributed by atoms with Crippen LogP contribution in [0.3, 0.4) is 0 Å². The first kappa shape index (κ1) is 13.8. The van der Waals surface area contributed by atoms with Gasteiger partial charge in [0.1, 0.15) is 5.75 Å². The molecule has 102 valence electrons. The molecule has 0 aliphatic rings. The number of hydrogen-bond acceptors (Lipinski definition) is 4. The van der Waals surface area contributed by atoms with Crippen LogP contribution in [0.1, 0.15) is 25.1 Å². The number of aromatic amines is 1. The molecule has 2 N–H and O–H groups in total. The van der Waals surface area contributed by atoms with Crippen LogP contribution >= 0.6 is 11.3 Å². The van der Waals surface area contributed by atoms with E-state index in [4.69, 9.17) is 4.74 Å². The van der Waals surface area contributed by atoms with Crippen molar-refractivity contribution in [2.24, 2.45) is 0 Å². The second-order valence-electron chi connectivity index (χ2n) is 4.59. The summed E-state index contributed by atoms with van der Waals surface area (Å²) >= 11 is 1.19. The van der Waals surface area contributed by atoms with Crippen molar-refractivity contribution in [3.63, 3.8) is 0 Å². The van der Waals surface area contributed by atoms with Gasteiger partial charge < -0.3 is 15.0 Å². The highest BCUT2D eigenvalue weighted by atomic mass is 32.1. The fourth-order valence-corrected chi connectivity index (χ4v) is 2.32. The maximum absolute atomic E-state index is 11.0. The van der Waals surface area contributed by atoms with E-state index in [2.05, 4.69) is 16.4 Å². The van der Waals surface area contributed by atoms with Crippen molar-refractivity contribution in [2.45, 2.75) is 33.0 Å². The van der Waals surface area contributed by atoms with Crippen molar-refractivity contribution in [2.75, 3.05) is 0 Å².